The third-order valence-corrected chi connectivity index (χ3v) is 3.79. The van der Waals surface area contributed by atoms with Gasteiger partial charge in [-0.25, -0.2) is 0 Å². The SMILES string of the molecule is COCC(=O)Nc1n[nH]c2c1CCN(Cc1ccccc1)C2. The molecule has 22 heavy (non-hydrogen) atoms. The number of ether oxygens (including phenoxy) is 1. The van der Waals surface area contributed by atoms with Gasteiger partial charge in [0.25, 0.3) is 5.91 Å². The first-order valence-corrected chi connectivity index (χ1v) is 7.37. The van der Waals surface area contributed by atoms with Gasteiger partial charge in [0.1, 0.15) is 6.61 Å². The monoisotopic (exact) mass is 300 g/mol. The van der Waals surface area contributed by atoms with Crippen LogP contribution in [0.5, 0.6) is 0 Å². The van der Waals surface area contributed by atoms with E-state index in [-0.39, 0.29) is 12.5 Å². The second-order valence-corrected chi connectivity index (χ2v) is 5.46. The van der Waals surface area contributed by atoms with Gasteiger partial charge < -0.3 is 10.1 Å². The molecule has 1 aliphatic rings. The predicted molar refractivity (Wildman–Crippen MR) is 83.4 cm³/mol. The predicted octanol–water partition coefficient (Wildman–Crippen LogP) is 1.55. The number of hydrogen-bond acceptors (Lipinski definition) is 4. The van der Waals surface area contributed by atoms with Crippen LogP contribution in [-0.2, 0) is 29.0 Å². The van der Waals surface area contributed by atoms with Crippen LogP contribution in [-0.4, -0.2) is 41.3 Å². The first-order valence-electron chi connectivity index (χ1n) is 7.37. The highest BCUT2D eigenvalue weighted by Crippen LogP contribution is 2.24. The van der Waals surface area contributed by atoms with Crippen LogP contribution in [0.3, 0.4) is 0 Å². The first kappa shape index (κ1) is 14.7. The number of carbonyl (C=O) groups is 1. The molecule has 1 aliphatic heterocycles. The molecule has 3 rings (SSSR count). The molecule has 0 aliphatic carbocycles. The Hall–Kier alpha value is -2.18. The quantitative estimate of drug-likeness (QED) is 0.879. The zero-order valence-electron chi connectivity index (χ0n) is 12.6. The van der Waals surface area contributed by atoms with E-state index in [0.717, 1.165) is 37.3 Å². The zero-order valence-corrected chi connectivity index (χ0v) is 12.6. The van der Waals surface area contributed by atoms with Gasteiger partial charge in [-0.05, 0) is 12.0 Å². The molecule has 0 spiro atoms. The van der Waals surface area contributed by atoms with Gasteiger partial charge in [0.2, 0.25) is 0 Å². The van der Waals surface area contributed by atoms with Crippen LogP contribution in [0.4, 0.5) is 5.82 Å². The number of aromatic amines is 1. The minimum absolute atomic E-state index is 0.0434. The Morgan fingerprint density at radius 2 is 2.23 bits per heavy atom. The Balaban J connectivity index is 1.65. The minimum Gasteiger partial charge on any atom is -0.375 e. The lowest BCUT2D eigenvalue weighted by Crippen LogP contribution is -2.30. The van der Waals surface area contributed by atoms with Gasteiger partial charge in [0, 0.05) is 32.3 Å². The lowest BCUT2D eigenvalue weighted by atomic mass is 10.1. The summed E-state index contributed by atoms with van der Waals surface area (Å²) in [5, 5.41) is 10.1. The largest absolute Gasteiger partial charge is 0.375 e. The molecule has 0 unspecified atom stereocenters. The van der Waals surface area contributed by atoms with Crippen molar-refractivity contribution in [3.8, 4) is 0 Å². The van der Waals surface area contributed by atoms with Gasteiger partial charge >= 0.3 is 0 Å². The van der Waals surface area contributed by atoms with E-state index in [1.165, 1.54) is 12.7 Å². The van der Waals surface area contributed by atoms with Gasteiger partial charge in [-0.3, -0.25) is 14.8 Å². The Kier molecular flexibility index (Phi) is 4.50. The number of amides is 1. The highest BCUT2D eigenvalue weighted by Gasteiger charge is 2.22. The molecule has 1 amide bonds. The number of H-pyrrole nitrogens is 1. The second-order valence-electron chi connectivity index (χ2n) is 5.46. The molecule has 116 valence electrons. The normalized spacial score (nSPS) is 14.6. The molecule has 2 N–H and O–H groups in total. The molecule has 0 fully saturated rings. The number of fused-ring (bicyclic) bond motifs is 1. The van der Waals surface area contributed by atoms with E-state index in [1.807, 2.05) is 6.07 Å². The molecule has 1 aromatic carbocycles. The zero-order chi connectivity index (χ0) is 15.4. The highest BCUT2D eigenvalue weighted by molar-refractivity contribution is 5.91. The van der Waals surface area contributed by atoms with Crippen molar-refractivity contribution in [1.29, 1.82) is 0 Å². The molecule has 0 saturated carbocycles. The number of methoxy groups -OCH3 is 1. The Morgan fingerprint density at radius 1 is 1.41 bits per heavy atom. The summed E-state index contributed by atoms with van der Waals surface area (Å²) in [6.07, 6.45) is 0.876. The van der Waals surface area contributed by atoms with Crippen molar-refractivity contribution in [2.75, 3.05) is 25.6 Å². The highest BCUT2D eigenvalue weighted by atomic mass is 16.5. The summed E-state index contributed by atoms with van der Waals surface area (Å²) in [5.41, 5.74) is 3.49. The molecule has 2 aromatic rings. The average Bonchev–Trinajstić information content (AvgIpc) is 2.91. The van der Waals surface area contributed by atoms with E-state index in [9.17, 15) is 4.79 Å². The maximum Gasteiger partial charge on any atom is 0.251 e. The van der Waals surface area contributed by atoms with Crippen LogP contribution in [0, 0.1) is 0 Å². The number of aromatic nitrogens is 2. The van der Waals surface area contributed by atoms with Crippen molar-refractivity contribution in [2.45, 2.75) is 19.5 Å². The molecule has 0 radical (unpaired) electrons. The molecule has 1 aromatic heterocycles. The number of benzene rings is 1. The van der Waals surface area contributed by atoms with E-state index in [2.05, 4.69) is 44.7 Å². The second kappa shape index (κ2) is 6.72. The fourth-order valence-electron chi connectivity index (χ4n) is 2.75. The standard InChI is InChI=1S/C16H20N4O2/c1-22-11-15(21)17-16-13-7-8-20(10-14(13)18-19-16)9-12-5-3-2-4-6-12/h2-6H,7-11H2,1H3,(H2,17,18,19,21). The summed E-state index contributed by atoms with van der Waals surface area (Å²) in [4.78, 5) is 14.0. The van der Waals surface area contributed by atoms with Gasteiger partial charge in [0.15, 0.2) is 5.82 Å². The van der Waals surface area contributed by atoms with E-state index < -0.39 is 0 Å². The van der Waals surface area contributed by atoms with Crippen molar-refractivity contribution in [3.05, 3.63) is 47.2 Å². The van der Waals surface area contributed by atoms with Crippen molar-refractivity contribution < 1.29 is 9.53 Å². The Morgan fingerprint density at radius 3 is 3.00 bits per heavy atom. The summed E-state index contributed by atoms with van der Waals surface area (Å²) in [6, 6.07) is 10.4. The first-order chi connectivity index (χ1) is 10.8. The lowest BCUT2D eigenvalue weighted by molar-refractivity contribution is -0.119. The number of anilines is 1. The maximum atomic E-state index is 11.6. The summed E-state index contributed by atoms with van der Waals surface area (Å²) in [5.74, 6) is 0.458. The summed E-state index contributed by atoms with van der Waals surface area (Å²) in [7, 11) is 1.50. The lowest BCUT2D eigenvalue weighted by Gasteiger charge is -2.26. The van der Waals surface area contributed by atoms with Gasteiger partial charge in [-0.2, -0.15) is 5.10 Å². The van der Waals surface area contributed by atoms with Crippen LogP contribution in [0.15, 0.2) is 30.3 Å². The van der Waals surface area contributed by atoms with Gasteiger partial charge in [-0.1, -0.05) is 30.3 Å². The molecule has 0 saturated heterocycles. The number of nitrogens with zero attached hydrogens (tertiary/aromatic N) is 2. The smallest absolute Gasteiger partial charge is 0.251 e. The third-order valence-electron chi connectivity index (χ3n) is 3.79. The van der Waals surface area contributed by atoms with Crippen molar-refractivity contribution in [2.24, 2.45) is 0 Å². The van der Waals surface area contributed by atoms with Crippen LogP contribution in [0.25, 0.3) is 0 Å². The van der Waals surface area contributed by atoms with Crippen LogP contribution in [0.1, 0.15) is 16.8 Å². The number of carbonyl (C=O) groups excluding carboxylic acids is 1. The van der Waals surface area contributed by atoms with Crippen molar-refractivity contribution in [1.82, 2.24) is 15.1 Å². The topological polar surface area (TPSA) is 70.2 Å². The minimum atomic E-state index is -0.177. The molecule has 6 nitrogen and oxygen atoms in total. The van der Waals surface area contributed by atoms with E-state index in [1.54, 1.807) is 0 Å². The fourth-order valence-corrected chi connectivity index (χ4v) is 2.75. The molecular weight excluding hydrogens is 280 g/mol. The molecule has 2 heterocycles. The number of hydrogen-bond donors (Lipinski definition) is 2. The van der Waals surface area contributed by atoms with E-state index in [4.69, 9.17) is 4.74 Å². The Bertz CT molecular complexity index is 639. The summed E-state index contributed by atoms with van der Waals surface area (Å²) >= 11 is 0. The van der Waals surface area contributed by atoms with Crippen LogP contribution >= 0.6 is 0 Å². The van der Waals surface area contributed by atoms with E-state index >= 15 is 0 Å². The summed E-state index contributed by atoms with van der Waals surface area (Å²) in [6.45, 7) is 2.73. The van der Waals surface area contributed by atoms with Gasteiger partial charge in [-0.15, -0.1) is 0 Å². The molecular formula is C16H20N4O2. The fraction of sp³-hybridized carbons (Fsp3) is 0.375. The summed E-state index contributed by atoms with van der Waals surface area (Å²) < 4.78 is 4.82. The van der Waals surface area contributed by atoms with E-state index in [0.29, 0.717) is 5.82 Å². The number of nitrogens with one attached hydrogen (secondary N) is 2. The molecule has 0 bridgehead atoms. The third kappa shape index (κ3) is 3.35. The van der Waals surface area contributed by atoms with Crippen LogP contribution in [0.2, 0.25) is 0 Å². The van der Waals surface area contributed by atoms with Crippen molar-refractivity contribution in [3.63, 3.8) is 0 Å². The maximum absolute atomic E-state index is 11.6. The van der Waals surface area contributed by atoms with Crippen LogP contribution < -0.4 is 5.32 Å². The molecule has 6 heteroatoms. The average molecular weight is 300 g/mol. The molecule has 0 atom stereocenters. The Labute approximate surface area is 129 Å². The van der Waals surface area contributed by atoms with Gasteiger partial charge in [0.05, 0.1) is 5.69 Å². The van der Waals surface area contributed by atoms with Crippen molar-refractivity contribution >= 4 is 11.7 Å². The number of rotatable bonds is 5.